The molecule has 1 aromatic carbocycles. The van der Waals surface area contributed by atoms with Gasteiger partial charge in [-0.25, -0.2) is 0 Å². The largest absolute Gasteiger partial charge is 0.339 e. The fourth-order valence-corrected chi connectivity index (χ4v) is 3.89. The lowest BCUT2D eigenvalue weighted by molar-refractivity contribution is 0.0607. The molecule has 0 spiro atoms. The van der Waals surface area contributed by atoms with Crippen molar-refractivity contribution >= 4 is 11.8 Å². The molecule has 0 saturated carbocycles. The molecular formula is C20H28N2O2. The Labute approximate surface area is 144 Å². The summed E-state index contributed by atoms with van der Waals surface area (Å²) in [5.74, 6) is 0.205. The minimum absolute atomic E-state index is 0.0955. The van der Waals surface area contributed by atoms with Crippen molar-refractivity contribution in [1.82, 2.24) is 9.80 Å². The Morgan fingerprint density at radius 3 is 2.08 bits per heavy atom. The maximum Gasteiger partial charge on any atom is 0.254 e. The van der Waals surface area contributed by atoms with Crippen LogP contribution >= 0.6 is 0 Å². The van der Waals surface area contributed by atoms with E-state index in [1.165, 1.54) is 12.8 Å². The molecule has 2 amide bonds. The van der Waals surface area contributed by atoms with Gasteiger partial charge in [0, 0.05) is 36.8 Å². The number of piperidine rings is 2. The van der Waals surface area contributed by atoms with E-state index in [0.717, 1.165) is 51.7 Å². The quantitative estimate of drug-likeness (QED) is 0.848. The Kier molecular flexibility index (Phi) is 5.54. The molecule has 2 aliphatic heterocycles. The molecule has 0 bridgehead atoms. The van der Waals surface area contributed by atoms with Crippen molar-refractivity contribution in [3.8, 4) is 0 Å². The lowest BCUT2D eigenvalue weighted by Gasteiger charge is -2.35. The van der Waals surface area contributed by atoms with Gasteiger partial charge in [0.05, 0.1) is 0 Å². The maximum atomic E-state index is 12.8. The van der Waals surface area contributed by atoms with Crippen molar-refractivity contribution in [3.05, 3.63) is 35.4 Å². The maximum absolute atomic E-state index is 12.8. The second-order valence-corrected chi connectivity index (χ2v) is 6.99. The molecule has 0 radical (unpaired) electrons. The number of amides is 2. The molecule has 1 unspecified atom stereocenters. The summed E-state index contributed by atoms with van der Waals surface area (Å²) in [7, 11) is 0. The molecule has 1 aromatic rings. The number of likely N-dealkylation sites (tertiary alicyclic amines) is 2. The molecule has 0 aliphatic carbocycles. The van der Waals surface area contributed by atoms with Gasteiger partial charge in [-0.05, 0) is 69.2 Å². The first-order chi connectivity index (χ1) is 11.7. The zero-order chi connectivity index (χ0) is 16.9. The van der Waals surface area contributed by atoms with E-state index in [0.29, 0.717) is 17.2 Å². The number of carbonyl (C=O) groups excluding carboxylic acids is 2. The summed E-state index contributed by atoms with van der Waals surface area (Å²) >= 11 is 0. The Hall–Kier alpha value is -1.84. The minimum Gasteiger partial charge on any atom is -0.339 e. The van der Waals surface area contributed by atoms with Crippen molar-refractivity contribution in [3.63, 3.8) is 0 Å². The molecule has 2 heterocycles. The fraction of sp³-hybridized carbons (Fsp3) is 0.600. The van der Waals surface area contributed by atoms with Gasteiger partial charge in [-0.3, -0.25) is 9.59 Å². The Bertz CT molecular complexity index is 576. The smallest absolute Gasteiger partial charge is 0.254 e. The lowest BCUT2D eigenvalue weighted by atomic mass is 9.98. The summed E-state index contributed by atoms with van der Waals surface area (Å²) < 4.78 is 0. The highest BCUT2D eigenvalue weighted by Gasteiger charge is 2.26. The van der Waals surface area contributed by atoms with Gasteiger partial charge in [-0.15, -0.1) is 0 Å². The molecule has 2 fully saturated rings. The lowest BCUT2D eigenvalue weighted by Crippen LogP contribution is -2.43. The standard InChI is InChI=1S/C20H28N2O2/c1-2-18-8-4-7-15-22(18)20(24)17-11-9-16(10-12-17)19(23)21-13-5-3-6-14-21/h9-12,18H,2-8,13-15H2,1H3. The van der Waals surface area contributed by atoms with E-state index in [2.05, 4.69) is 6.92 Å². The SMILES string of the molecule is CCC1CCCCN1C(=O)c1ccc(C(=O)N2CCCCC2)cc1. The summed E-state index contributed by atoms with van der Waals surface area (Å²) in [6.45, 7) is 4.71. The van der Waals surface area contributed by atoms with E-state index in [-0.39, 0.29) is 11.8 Å². The van der Waals surface area contributed by atoms with Crippen LogP contribution in [0.1, 0.15) is 72.6 Å². The Balaban J connectivity index is 1.69. The number of nitrogens with zero attached hydrogens (tertiary/aromatic N) is 2. The van der Waals surface area contributed by atoms with Gasteiger partial charge < -0.3 is 9.80 Å². The van der Waals surface area contributed by atoms with Crippen LogP contribution in [-0.2, 0) is 0 Å². The van der Waals surface area contributed by atoms with Gasteiger partial charge in [-0.2, -0.15) is 0 Å². The number of rotatable bonds is 3. The normalized spacial score (nSPS) is 21.6. The summed E-state index contributed by atoms with van der Waals surface area (Å²) in [6.07, 6.45) is 7.82. The summed E-state index contributed by atoms with van der Waals surface area (Å²) in [5, 5.41) is 0. The van der Waals surface area contributed by atoms with E-state index >= 15 is 0 Å². The predicted octanol–water partition coefficient (Wildman–Crippen LogP) is 3.72. The second kappa shape index (κ2) is 7.82. The third-order valence-electron chi connectivity index (χ3n) is 5.38. The Morgan fingerprint density at radius 1 is 0.875 bits per heavy atom. The first kappa shape index (κ1) is 17.0. The third kappa shape index (κ3) is 3.63. The van der Waals surface area contributed by atoms with Crippen LogP contribution < -0.4 is 0 Å². The van der Waals surface area contributed by atoms with E-state index in [4.69, 9.17) is 0 Å². The average molecular weight is 328 g/mol. The molecular weight excluding hydrogens is 300 g/mol. The zero-order valence-electron chi connectivity index (χ0n) is 14.7. The first-order valence-electron chi connectivity index (χ1n) is 9.41. The number of hydrogen-bond donors (Lipinski definition) is 0. The van der Waals surface area contributed by atoms with E-state index in [1.807, 2.05) is 34.1 Å². The summed E-state index contributed by atoms with van der Waals surface area (Å²) in [5.41, 5.74) is 1.39. The molecule has 1 atom stereocenters. The molecule has 0 N–H and O–H groups in total. The minimum atomic E-state index is 0.0955. The van der Waals surface area contributed by atoms with Gasteiger partial charge in [0.2, 0.25) is 0 Å². The van der Waals surface area contributed by atoms with E-state index in [9.17, 15) is 9.59 Å². The number of carbonyl (C=O) groups is 2. The molecule has 4 nitrogen and oxygen atoms in total. The number of hydrogen-bond acceptors (Lipinski definition) is 2. The first-order valence-corrected chi connectivity index (χ1v) is 9.41. The van der Waals surface area contributed by atoms with Crippen LogP contribution in [0.25, 0.3) is 0 Å². The highest BCUT2D eigenvalue weighted by Crippen LogP contribution is 2.22. The fourth-order valence-electron chi connectivity index (χ4n) is 3.89. The van der Waals surface area contributed by atoms with Crippen LogP contribution in [-0.4, -0.2) is 47.3 Å². The Morgan fingerprint density at radius 2 is 1.46 bits per heavy atom. The van der Waals surface area contributed by atoms with Gasteiger partial charge >= 0.3 is 0 Å². The molecule has 2 saturated heterocycles. The van der Waals surface area contributed by atoms with Gasteiger partial charge in [0.15, 0.2) is 0 Å². The molecule has 2 aliphatic rings. The van der Waals surface area contributed by atoms with Crippen LogP contribution in [0.3, 0.4) is 0 Å². The number of benzene rings is 1. The van der Waals surface area contributed by atoms with Crippen molar-refractivity contribution < 1.29 is 9.59 Å². The second-order valence-electron chi connectivity index (χ2n) is 6.99. The monoisotopic (exact) mass is 328 g/mol. The average Bonchev–Trinajstić information content (AvgIpc) is 2.67. The van der Waals surface area contributed by atoms with Crippen LogP contribution in [0, 0.1) is 0 Å². The topological polar surface area (TPSA) is 40.6 Å². The van der Waals surface area contributed by atoms with Crippen molar-refractivity contribution in [1.29, 1.82) is 0 Å². The highest BCUT2D eigenvalue weighted by atomic mass is 16.2. The molecule has 4 heteroatoms. The summed E-state index contributed by atoms with van der Waals surface area (Å²) in [4.78, 5) is 29.2. The van der Waals surface area contributed by atoms with E-state index in [1.54, 1.807) is 0 Å². The van der Waals surface area contributed by atoms with Crippen LogP contribution in [0.4, 0.5) is 0 Å². The van der Waals surface area contributed by atoms with Crippen LogP contribution in [0.5, 0.6) is 0 Å². The van der Waals surface area contributed by atoms with Crippen molar-refractivity contribution in [2.75, 3.05) is 19.6 Å². The van der Waals surface area contributed by atoms with E-state index < -0.39 is 0 Å². The third-order valence-corrected chi connectivity index (χ3v) is 5.38. The summed E-state index contributed by atoms with van der Waals surface area (Å²) in [6, 6.07) is 7.63. The highest BCUT2D eigenvalue weighted by molar-refractivity contribution is 5.98. The van der Waals surface area contributed by atoms with Gasteiger partial charge in [-0.1, -0.05) is 6.92 Å². The molecule has 0 aromatic heterocycles. The van der Waals surface area contributed by atoms with Crippen molar-refractivity contribution in [2.24, 2.45) is 0 Å². The zero-order valence-corrected chi connectivity index (χ0v) is 14.7. The van der Waals surface area contributed by atoms with Crippen molar-refractivity contribution in [2.45, 2.75) is 57.9 Å². The van der Waals surface area contributed by atoms with Crippen LogP contribution in [0.15, 0.2) is 24.3 Å². The van der Waals surface area contributed by atoms with Crippen LogP contribution in [0.2, 0.25) is 0 Å². The molecule has 130 valence electrons. The van der Waals surface area contributed by atoms with Gasteiger partial charge in [0.1, 0.15) is 0 Å². The van der Waals surface area contributed by atoms with Gasteiger partial charge in [0.25, 0.3) is 11.8 Å². The molecule has 24 heavy (non-hydrogen) atoms. The predicted molar refractivity (Wildman–Crippen MR) is 95.2 cm³/mol. The molecule has 3 rings (SSSR count).